The summed E-state index contributed by atoms with van der Waals surface area (Å²) < 4.78 is 0. The Morgan fingerprint density at radius 1 is 0.484 bits per heavy atom. The van der Waals surface area contributed by atoms with Crippen molar-refractivity contribution in [2.75, 3.05) is 11.9 Å². The lowest BCUT2D eigenvalue weighted by atomic mass is 10.0. The van der Waals surface area contributed by atoms with Crippen LogP contribution in [0.4, 0.5) is 5.69 Å². The predicted molar refractivity (Wildman–Crippen MR) is 142 cm³/mol. The predicted octanol–water partition coefficient (Wildman–Crippen LogP) is 10.5. The quantitative estimate of drug-likeness (QED) is 0.170. The second-order valence-corrected chi connectivity index (χ2v) is 9.70. The van der Waals surface area contributed by atoms with Gasteiger partial charge in [0.25, 0.3) is 0 Å². The van der Waals surface area contributed by atoms with Gasteiger partial charge in [-0.25, -0.2) is 0 Å². The molecule has 31 heavy (non-hydrogen) atoms. The molecule has 0 saturated carbocycles. The van der Waals surface area contributed by atoms with Crippen molar-refractivity contribution in [2.24, 2.45) is 0 Å². The van der Waals surface area contributed by atoms with Crippen LogP contribution in [0.25, 0.3) is 0 Å². The van der Waals surface area contributed by atoms with Gasteiger partial charge >= 0.3 is 0 Å². The van der Waals surface area contributed by atoms with Gasteiger partial charge in [-0.1, -0.05) is 148 Å². The van der Waals surface area contributed by atoms with Crippen molar-refractivity contribution in [3.05, 3.63) is 29.8 Å². The molecule has 1 aromatic carbocycles. The standard InChI is InChI=1S/C30H55N/c1-3-5-7-9-11-13-14-15-16-18-20-24-28-31-30-27-23-22-26-29(30)25-21-19-17-12-10-8-6-4-2/h22-23,26-27,31H,3-21,24-25,28H2,1-2H3. The van der Waals surface area contributed by atoms with E-state index in [1.807, 2.05) is 0 Å². The summed E-state index contributed by atoms with van der Waals surface area (Å²) >= 11 is 0. The van der Waals surface area contributed by atoms with Crippen LogP contribution in [0.2, 0.25) is 0 Å². The van der Waals surface area contributed by atoms with Crippen LogP contribution in [-0.4, -0.2) is 6.54 Å². The molecule has 0 radical (unpaired) electrons. The summed E-state index contributed by atoms with van der Waals surface area (Å²) in [6.45, 7) is 5.72. The highest BCUT2D eigenvalue weighted by atomic mass is 14.9. The molecule has 1 aromatic rings. The van der Waals surface area contributed by atoms with Crippen LogP contribution in [0.1, 0.15) is 148 Å². The molecular formula is C30H55N. The van der Waals surface area contributed by atoms with Crippen molar-refractivity contribution < 1.29 is 0 Å². The van der Waals surface area contributed by atoms with Crippen LogP contribution >= 0.6 is 0 Å². The average Bonchev–Trinajstić information content (AvgIpc) is 2.79. The van der Waals surface area contributed by atoms with Gasteiger partial charge in [-0.05, 0) is 30.9 Å². The van der Waals surface area contributed by atoms with Gasteiger partial charge in [0.15, 0.2) is 0 Å². The summed E-state index contributed by atoms with van der Waals surface area (Å²) in [7, 11) is 0. The first kappa shape index (κ1) is 28.1. The van der Waals surface area contributed by atoms with E-state index in [1.54, 1.807) is 0 Å². The van der Waals surface area contributed by atoms with Crippen molar-refractivity contribution in [3.8, 4) is 0 Å². The summed E-state index contributed by atoms with van der Waals surface area (Å²) in [5.41, 5.74) is 2.90. The van der Waals surface area contributed by atoms with Crippen LogP contribution in [0.3, 0.4) is 0 Å². The molecule has 0 saturated heterocycles. The third-order valence-electron chi connectivity index (χ3n) is 6.66. The van der Waals surface area contributed by atoms with Gasteiger partial charge < -0.3 is 5.32 Å². The smallest absolute Gasteiger partial charge is 0.0372 e. The van der Waals surface area contributed by atoms with E-state index in [1.165, 1.54) is 146 Å². The number of para-hydroxylation sites is 1. The third kappa shape index (κ3) is 17.3. The number of nitrogens with one attached hydrogen (secondary N) is 1. The molecule has 180 valence electrons. The van der Waals surface area contributed by atoms with Crippen molar-refractivity contribution in [2.45, 2.75) is 149 Å². The molecule has 1 rings (SSSR count). The topological polar surface area (TPSA) is 12.0 Å². The monoisotopic (exact) mass is 429 g/mol. The molecule has 0 bridgehead atoms. The lowest BCUT2D eigenvalue weighted by Gasteiger charge is -2.12. The number of rotatable bonds is 23. The van der Waals surface area contributed by atoms with Gasteiger partial charge in [-0.15, -0.1) is 0 Å². The Labute approximate surface area is 196 Å². The largest absolute Gasteiger partial charge is 0.385 e. The Bertz CT molecular complexity index is 481. The molecule has 0 spiro atoms. The Kier molecular flexibility index (Phi) is 20.1. The van der Waals surface area contributed by atoms with Gasteiger partial charge in [0.05, 0.1) is 0 Å². The highest BCUT2D eigenvalue weighted by Crippen LogP contribution is 2.19. The number of unbranched alkanes of at least 4 members (excludes halogenated alkanes) is 18. The van der Waals surface area contributed by atoms with E-state index in [-0.39, 0.29) is 0 Å². The normalized spacial score (nSPS) is 11.2. The SMILES string of the molecule is CCCCCCCCCCCCCCNc1ccccc1CCCCCCCCCC. The zero-order valence-corrected chi connectivity index (χ0v) is 21.4. The Morgan fingerprint density at radius 2 is 0.903 bits per heavy atom. The Hall–Kier alpha value is -0.980. The summed E-state index contributed by atoms with van der Waals surface area (Å²) in [6.07, 6.45) is 29.5. The number of anilines is 1. The molecular weight excluding hydrogens is 374 g/mol. The fourth-order valence-corrected chi connectivity index (χ4v) is 4.55. The lowest BCUT2D eigenvalue weighted by Crippen LogP contribution is -2.04. The average molecular weight is 430 g/mol. The van der Waals surface area contributed by atoms with E-state index in [0.717, 1.165) is 6.54 Å². The molecule has 0 aromatic heterocycles. The molecule has 1 heteroatoms. The van der Waals surface area contributed by atoms with E-state index < -0.39 is 0 Å². The first-order valence-corrected chi connectivity index (χ1v) is 14.2. The molecule has 0 aliphatic carbocycles. The highest BCUT2D eigenvalue weighted by molar-refractivity contribution is 5.51. The molecule has 0 amide bonds. The van der Waals surface area contributed by atoms with Crippen LogP contribution in [0.5, 0.6) is 0 Å². The van der Waals surface area contributed by atoms with Crippen LogP contribution in [-0.2, 0) is 6.42 Å². The fourth-order valence-electron chi connectivity index (χ4n) is 4.55. The van der Waals surface area contributed by atoms with E-state index >= 15 is 0 Å². The van der Waals surface area contributed by atoms with E-state index in [0.29, 0.717) is 0 Å². The molecule has 0 unspecified atom stereocenters. The van der Waals surface area contributed by atoms with E-state index in [4.69, 9.17) is 0 Å². The van der Waals surface area contributed by atoms with Crippen LogP contribution in [0, 0.1) is 0 Å². The molecule has 0 aliphatic heterocycles. The summed E-state index contributed by atoms with van der Waals surface area (Å²) in [4.78, 5) is 0. The zero-order valence-electron chi connectivity index (χ0n) is 21.4. The van der Waals surface area contributed by atoms with E-state index in [2.05, 4.69) is 43.4 Å². The molecule has 1 N–H and O–H groups in total. The van der Waals surface area contributed by atoms with Crippen molar-refractivity contribution >= 4 is 5.69 Å². The minimum atomic E-state index is 1.13. The minimum Gasteiger partial charge on any atom is -0.385 e. The molecule has 0 fully saturated rings. The third-order valence-corrected chi connectivity index (χ3v) is 6.66. The number of hydrogen-bond acceptors (Lipinski definition) is 1. The van der Waals surface area contributed by atoms with Crippen molar-refractivity contribution in [1.82, 2.24) is 0 Å². The second kappa shape index (κ2) is 22.2. The summed E-state index contributed by atoms with van der Waals surface area (Å²) in [5, 5.41) is 3.72. The molecule has 0 aliphatic rings. The lowest BCUT2D eigenvalue weighted by molar-refractivity contribution is 0.546. The van der Waals surface area contributed by atoms with Gasteiger partial charge in [-0.3, -0.25) is 0 Å². The maximum Gasteiger partial charge on any atom is 0.0372 e. The Balaban J connectivity index is 1.98. The highest BCUT2D eigenvalue weighted by Gasteiger charge is 2.02. The number of hydrogen-bond donors (Lipinski definition) is 1. The van der Waals surface area contributed by atoms with Crippen LogP contribution in [0.15, 0.2) is 24.3 Å². The summed E-state index contributed by atoms with van der Waals surface area (Å²) in [6, 6.07) is 8.99. The first-order chi connectivity index (χ1) is 15.4. The van der Waals surface area contributed by atoms with Gasteiger partial charge in [0, 0.05) is 12.2 Å². The van der Waals surface area contributed by atoms with Gasteiger partial charge in [0.1, 0.15) is 0 Å². The molecule has 0 atom stereocenters. The molecule has 1 nitrogen and oxygen atoms in total. The zero-order chi connectivity index (χ0) is 22.2. The Morgan fingerprint density at radius 3 is 1.42 bits per heavy atom. The number of benzene rings is 1. The van der Waals surface area contributed by atoms with E-state index in [9.17, 15) is 0 Å². The van der Waals surface area contributed by atoms with Crippen molar-refractivity contribution in [3.63, 3.8) is 0 Å². The number of aryl methyl sites for hydroxylation is 1. The first-order valence-electron chi connectivity index (χ1n) is 14.2. The fraction of sp³-hybridized carbons (Fsp3) is 0.800. The van der Waals surface area contributed by atoms with Crippen molar-refractivity contribution in [1.29, 1.82) is 0 Å². The second-order valence-electron chi connectivity index (χ2n) is 9.70. The van der Waals surface area contributed by atoms with Crippen LogP contribution < -0.4 is 5.32 Å². The maximum atomic E-state index is 3.72. The summed E-state index contributed by atoms with van der Waals surface area (Å²) in [5.74, 6) is 0. The maximum absolute atomic E-state index is 3.72. The molecule has 0 heterocycles. The van der Waals surface area contributed by atoms with Gasteiger partial charge in [0.2, 0.25) is 0 Å². The van der Waals surface area contributed by atoms with Gasteiger partial charge in [-0.2, -0.15) is 0 Å². The minimum absolute atomic E-state index is 1.13.